The number of carboxylic acids is 1. The predicted octanol–water partition coefficient (Wildman–Crippen LogP) is 3.00. The Morgan fingerprint density at radius 3 is 2.58 bits per heavy atom. The van der Waals surface area contributed by atoms with E-state index in [-0.39, 0.29) is 5.92 Å². The van der Waals surface area contributed by atoms with Crippen molar-refractivity contribution in [3.63, 3.8) is 0 Å². The summed E-state index contributed by atoms with van der Waals surface area (Å²) < 4.78 is 0. The van der Waals surface area contributed by atoms with E-state index < -0.39 is 5.97 Å². The van der Waals surface area contributed by atoms with Crippen molar-refractivity contribution >= 4 is 17.7 Å². The molecule has 2 fully saturated rings. The molecule has 0 aromatic rings. The van der Waals surface area contributed by atoms with Gasteiger partial charge in [-0.15, -0.1) is 0 Å². The van der Waals surface area contributed by atoms with Crippen LogP contribution in [0.2, 0.25) is 0 Å². The summed E-state index contributed by atoms with van der Waals surface area (Å²) in [6, 6.07) is 0.614. The lowest BCUT2D eigenvalue weighted by Gasteiger charge is -2.40. The maximum atomic E-state index is 10.9. The molecule has 0 bridgehead atoms. The summed E-state index contributed by atoms with van der Waals surface area (Å²) in [6.45, 7) is 5.80. The summed E-state index contributed by atoms with van der Waals surface area (Å²) in [5.41, 5.74) is 0.406. The largest absolute Gasteiger partial charge is 0.481 e. The smallest absolute Gasteiger partial charge is 0.306 e. The highest BCUT2D eigenvalue weighted by Gasteiger charge is 2.33. The number of thioether (sulfide) groups is 1. The normalized spacial score (nSPS) is 34.9. The molecule has 19 heavy (non-hydrogen) atoms. The summed E-state index contributed by atoms with van der Waals surface area (Å²) in [4.78, 5) is 10.9. The van der Waals surface area contributed by atoms with E-state index in [1.165, 1.54) is 17.9 Å². The van der Waals surface area contributed by atoms with Gasteiger partial charge in [0.05, 0.1) is 5.92 Å². The average molecular weight is 285 g/mol. The van der Waals surface area contributed by atoms with E-state index >= 15 is 0 Å². The lowest BCUT2D eigenvalue weighted by atomic mass is 9.80. The van der Waals surface area contributed by atoms with Crippen molar-refractivity contribution in [1.82, 2.24) is 5.32 Å². The van der Waals surface area contributed by atoms with Crippen LogP contribution in [-0.2, 0) is 4.79 Å². The monoisotopic (exact) mass is 285 g/mol. The zero-order valence-corrected chi connectivity index (χ0v) is 13.0. The molecule has 2 rings (SSSR count). The Balaban J connectivity index is 1.73. The van der Waals surface area contributed by atoms with Crippen LogP contribution in [0, 0.1) is 17.3 Å². The fraction of sp³-hybridized carbons (Fsp3) is 0.933. The molecule has 1 unspecified atom stereocenters. The third-order valence-corrected chi connectivity index (χ3v) is 6.03. The van der Waals surface area contributed by atoms with E-state index in [1.807, 2.05) is 0 Å². The first-order valence-electron chi connectivity index (χ1n) is 7.53. The molecule has 1 aliphatic carbocycles. The predicted molar refractivity (Wildman–Crippen MR) is 80.6 cm³/mol. The zero-order chi connectivity index (χ0) is 13.9. The van der Waals surface area contributed by atoms with Crippen molar-refractivity contribution < 1.29 is 9.90 Å². The van der Waals surface area contributed by atoms with E-state index in [9.17, 15) is 4.79 Å². The molecule has 1 saturated heterocycles. The first-order valence-corrected chi connectivity index (χ1v) is 8.68. The molecular formula is C15H27NO2S. The molecule has 0 radical (unpaired) electrons. The van der Waals surface area contributed by atoms with Crippen molar-refractivity contribution in [2.45, 2.75) is 52.0 Å². The quantitative estimate of drug-likeness (QED) is 0.833. The number of hydrogen-bond donors (Lipinski definition) is 2. The van der Waals surface area contributed by atoms with Crippen LogP contribution in [0.5, 0.6) is 0 Å². The summed E-state index contributed by atoms with van der Waals surface area (Å²) in [5, 5.41) is 12.8. The van der Waals surface area contributed by atoms with Crippen molar-refractivity contribution in [3.05, 3.63) is 0 Å². The number of carbonyl (C=O) groups is 1. The van der Waals surface area contributed by atoms with Crippen LogP contribution >= 0.6 is 11.8 Å². The van der Waals surface area contributed by atoms with E-state index in [2.05, 4.69) is 30.9 Å². The summed E-state index contributed by atoms with van der Waals surface area (Å²) >= 11 is 2.06. The highest BCUT2D eigenvalue weighted by Crippen LogP contribution is 2.35. The standard InChI is InChI=1S/C15H27NO2S/c1-15(2)7-8-19-10-13(15)16-9-11-3-5-12(6-4-11)14(17)18/h11-13,16H,3-10H2,1-2H3,(H,17,18). The Morgan fingerprint density at radius 1 is 1.32 bits per heavy atom. The topological polar surface area (TPSA) is 49.3 Å². The van der Waals surface area contributed by atoms with Gasteiger partial charge in [-0.2, -0.15) is 11.8 Å². The highest BCUT2D eigenvalue weighted by atomic mass is 32.2. The summed E-state index contributed by atoms with van der Waals surface area (Å²) in [5.74, 6) is 2.50. The minimum atomic E-state index is -0.601. The summed E-state index contributed by atoms with van der Waals surface area (Å²) in [7, 11) is 0. The van der Waals surface area contributed by atoms with Gasteiger partial charge < -0.3 is 10.4 Å². The molecule has 1 saturated carbocycles. The van der Waals surface area contributed by atoms with Crippen molar-refractivity contribution in [2.75, 3.05) is 18.1 Å². The molecule has 1 atom stereocenters. The first kappa shape index (κ1) is 15.2. The number of aliphatic carboxylic acids is 1. The van der Waals surface area contributed by atoms with Gasteiger partial charge in [0.2, 0.25) is 0 Å². The van der Waals surface area contributed by atoms with Crippen molar-refractivity contribution in [1.29, 1.82) is 0 Å². The molecular weight excluding hydrogens is 258 g/mol. The van der Waals surface area contributed by atoms with Crippen LogP contribution in [-0.4, -0.2) is 35.2 Å². The SMILES string of the molecule is CC1(C)CCSCC1NCC1CCC(C(=O)O)CC1. The average Bonchev–Trinajstić information content (AvgIpc) is 2.37. The number of nitrogens with one attached hydrogen (secondary N) is 1. The van der Waals surface area contributed by atoms with Crippen molar-refractivity contribution in [3.8, 4) is 0 Å². The summed E-state index contributed by atoms with van der Waals surface area (Å²) in [6.07, 6.45) is 5.17. The van der Waals surface area contributed by atoms with Crippen LogP contribution in [0.25, 0.3) is 0 Å². The molecule has 0 aromatic heterocycles. The molecule has 1 aliphatic heterocycles. The number of rotatable bonds is 4. The number of hydrogen-bond acceptors (Lipinski definition) is 3. The van der Waals surface area contributed by atoms with Crippen LogP contribution in [0.4, 0.5) is 0 Å². The Morgan fingerprint density at radius 2 is 2.00 bits per heavy atom. The van der Waals surface area contributed by atoms with Crippen LogP contribution < -0.4 is 5.32 Å². The highest BCUT2D eigenvalue weighted by molar-refractivity contribution is 7.99. The minimum absolute atomic E-state index is 0.0853. The van der Waals surface area contributed by atoms with E-state index in [0.29, 0.717) is 17.4 Å². The zero-order valence-electron chi connectivity index (χ0n) is 12.2. The fourth-order valence-electron chi connectivity index (χ4n) is 3.19. The Hall–Kier alpha value is -0.220. The van der Waals surface area contributed by atoms with Gasteiger partial charge in [-0.1, -0.05) is 13.8 Å². The molecule has 0 spiro atoms. The molecule has 4 heteroatoms. The van der Waals surface area contributed by atoms with Gasteiger partial charge in [0.15, 0.2) is 0 Å². The molecule has 110 valence electrons. The molecule has 0 aromatic carbocycles. The van der Waals surface area contributed by atoms with Gasteiger partial charge in [0.1, 0.15) is 0 Å². The Kier molecular flexibility index (Phi) is 5.18. The minimum Gasteiger partial charge on any atom is -0.481 e. The second-order valence-corrected chi connectivity index (χ2v) is 7.98. The van der Waals surface area contributed by atoms with Gasteiger partial charge in [0.25, 0.3) is 0 Å². The first-order chi connectivity index (χ1) is 8.99. The second kappa shape index (κ2) is 6.49. The van der Waals surface area contributed by atoms with Gasteiger partial charge in [-0.3, -0.25) is 4.79 Å². The lowest BCUT2D eigenvalue weighted by molar-refractivity contribution is -0.143. The van der Waals surface area contributed by atoms with E-state index in [0.717, 1.165) is 32.2 Å². The van der Waals surface area contributed by atoms with Crippen LogP contribution in [0.1, 0.15) is 46.0 Å². The third kappa shape index (κ3) is 4.12. The van der Waals surface area contributed by atoms with Gasteiger partial charge in [-0.05, 0) is 55.7 Å². The third-order valence-electron chi connectivity index (χ3n) is 4.97. The Bertz CT molecular complexity index is 311. The molecule has 2 aliphatic rings. The second-order valence-electron chi connectivity index (χ2n) is 6.83. The maximum absolute atomic E-state index is 10.9. The molecule has 3 nitrogen and oxygen atoms in total. The maximum Gasteiger partial charge on any atom is 0.306 e. The van der Waals surface area contributed by atoms with Crippen molar-refractivity contribution in [2.24, 2.45) is 17.3 Å². The van der Waals surface area contributed by atoms with E-state index in [1.54, 1.807) is 0 Å². The molecule has 0 amide bonds. The van der Waals surface area contributed by atoms with Crippen LogP contribution in [0.3, 0.4) is 0 Å². The van der Waals surface area contributed by atoms with Crippen LogP contribution in [0.15, 0.2) is 0 Å². The van der Waals surface area contributed by atoms with Gasteiger partial charge >= 0.3 is 5.97 Å². The van der Waals surface area contributed by atoms with Gasteiger partial charge in [-0.25, -0.2) is 0 Å². The molecule has 2 N–H and O–H groups in total. The lowest BCUT2D eigenvalue weighted by Crippen LogP contribution is -2.48. The Labute approximate surface area is 120 Å². The fourth-order valence-corrected chi connectivity index (χ4v) is 4.84. The van der Waals surface area contributed by atoms with E-state index in [4.69, 9.17) is 5.11 Å². The molecule has 1 heterocycles. The van der Waals surface area contributed by atoms with Gasteiger partial charge in [0, 0.05) is 11.8 Å². The number of carboxylic acid groups (broad SMARTS) is 1.